The molecule has 1 saturated heterocycles. The number of aliphatic hydroxyl groups is 1. The van der Waals surface area contributed by atoms with Crippen LogP contribution in [0.3, 0.4) is 0 Å². The van der Waals surface area contributed by atoms with Gasteiger partial charge in [-0.1, -0.05) is 0 Å². The largest absolute Gasteiger partial charge is 0.396 e. The van der Waals surface area contributed by atoms with Gasteiger partial charge in [-0.3, -0.25) is 14.9 Å². The normalized spacial score (nSPS) is 22.4. The molecule has 0 bridgehead atoms. The molecule has 92 valence electrons. The maximum atomic E-state index is 11.7. The third-order valence-electron chi connectivity index (χ3n) is 2.51. The quantitative estimate of drug-likeness (QED) is 0.455. The molecule has 0 radical (unpaired) electrons. The number of aliphatic hydroxyl groups excluding tert-OH is 1. The molecule has 4 N–H and O–H groups in total. The summed E-state index contributed by atoms with van der Waals surface area (Å²) in [6, 6.07) is -0.312. The topological polar surface area (TPSA) is 90.5 Å². The first kappa shape index (κ1) is 12.9. The fourth-order valence-electron chi connectivity index (χ4n) is 1.56. The highest BCUT2D eigenvalue weighted by Gasteiger charge is 2.24. The Balaban J connectivity index is 2.26. The highest BCUT2D eigenvalue weighted by molar-refractivity contribution is 5.86. The minimum atomic E-state index is -0.353. The second-order valence-corrected chi connectivity index (χ2v) is 4.01. The predicted octanol–water partition coefficient (Wildman–Crippen LogP) is -1.65. The van der Waals surface area contributed by atoms with E-state index >= 15 is 0 Å². The zero-order valence-electron chi connectivity index (χ0n) is 9.45. The van der Waals surface area contributed by atoms with E-state index in [2.05, 4.69) is 16.0 Å². The van der Waals surface area contributed by atoms with Crippen molar-refractivity contribution >= 4 is 11.8 Å². The molecule has 1 aliphatic rings. The molecule has 2 amide bonds. The van der Waals surface area contributed by atoms with Crippen LogP contribution < -0.4 is 16.0 Å². The Morgan fingerprint density at radius 3 is 3.00 bits per heavy atom. The van der Waals surface area contributed by atoms with Gasteiger partial charge in [0, 0.05) is 19.2 Å². The van der Waals surface area contributed by atoms with Crippen molar-refractivity contribution < 1.29 is 14.7 Å². The van der Waals surface area contributed by atoms with E-state index in [0.29, 0.717) is 13.0 Å². The molecular weight excluding hydrogens is 210 g/mol. The molecule has 2 atom stereocenters. The monoisotopic (exact) mass is 229 g/mol. The van der Waals surface area contributed by atoms with Crippen molar-refractivity contribution in [2.24, 2.45) is 0 Å². The van der Waals surface area contributed by atoms with Crippen molar-refractivity contribution in [1.29, 1.82) is 0 Å². The molecule has 0 aromatic heterocycles. The zero-order chi connectivity index (χ0) is 12.0. The summed E-state index contributed by atoms with van der Waals surface area (Å²) >= 11 is 0. The summed E-state index contributed by atoms with van der Waals surface area (Å²) < 4.78 is 0. The summed E-state index contributed by atoms with van der Waals surface area (Å²) in [6.07, 6.45) is 1.43. The molecule has 0 saturated carbocycles. The lowest BCUT2D eigenvalue weighted by Gasteiger charge is -2.24. The summed E-state index contributed by atoms with van der Waals surface area (Å²) in [5, 5.41) is 17.0. The van der Waals surface area contributed by atoms with E-state index in [-0.39, 0.29) is 37.0 Å². The standard InChI is InChI=1S/C10H19N3O3/c1-7(3-2-4-14)13-10(16)8-5-12-9(15)6-11-8/h7-8,11,14H,2-6H2,1H3,(H,12,15)(H,13,16). The van der Waals surface area contributed by atoms with Gasteiger partial charge in [-0.15, -0.1) is 0 Å². The van der Waals surface area contributed by atoms with Gasteiger partial charge in [-0.2, -0.15) is 0 Å². The summed E-state index contributed by atoms with van der Waals surface area (Å²) in [7, 11) is 0. The SMILES string of the molecule is CC(CCCO)NC(=O)C1CNC(=O)CN1. The van der Waals surface area contributed by atoms with Gasteiger partial charge >= 0.3 is 0 Å². The van der Waals surface area contributed by atoms with Crippen molar-refractivity contribution in [3.05, 3.63) is 0 Å². The molecule has 0 aliphatic carbocycles. The first-order chi connectivity index (χ1) is 7.63. The maximum Gasteiger partial charge on any atom is 0.239 e. The molecule has 6 heteroatoms. The molecule has 1 fully saturated rings. The van der Waals surface area contributed by atoms with E-state index in [4.69, 9.17) is 5.11 Å². The molecule has 1 heterocycles. The van der Waals surface area contributed by atoms with E-state index in [1.54, 1.807) is 0 Å². The highest BCUT2D eigenvalue weighted by Crippen LogP contribution is 1.97. The fraction of sp³-hybridized carbons (Fsp3) is 0.800. The van der Waals surface area contributed by atoms with Crippen LogP contribution in [0.15, 0.2) is 0 Å². The van der Waals surface area contributed by atoms with Crippen LogP contribution in [-0.4, -0.2) is 48.7 Å². The minimum Gasteiger partial charge on any atom is -0.396 e. The van der Waals surface area contributed by atoms with Crippen molar-refractivity contribution in [3.8, 4) is 0 Å². The van der Waals surface area contributed by atoms with Gasteiger partial charge in [-0.25, -0.2) is 0 Å². The molecular formula is C10H19N3O3. The van der Waals surface area contributed by atoms with Gasteiger partial charge in [0.25, 0.3) is 0 Å². The Bertz CT molecular complexity index is 248. The van der Waals surface area contributed by atoms with E-state index < -0.39 is 0 Å². The number of hydrogen-bond donors (Lipinski definition) is 4. The van der Waals surface area contributed by atoms with Crippen molar-refractivity contribution in [3.63, 3.8) is 0 Å². The van der Waals surface area contributed by atoms with Gasteiger partial charge in [0.05, 0.1) is 6.54 Å². The van der Waals surface area contributed by atoms with Gasteiger partial charge in [-0.05, 0) is 19.8 Å². The Morgan fingerprint density at radius 1 is 1.69 bits per heavy atom. The molecule has 2 unspecified atom stereocenters. The number of piperazine rings is 1. The maximum absolute atomic E-state index is 11.7. The molecule has 0 aromatic carbocycles. The van der Waals surface area contributed by atoms with Crippen LogP contribution in [0.5, 0.6) is 0 Å². The van der Waals surface area contributed by atoms with Crippen molar-refractivity contribution in [2.45, 2.75) is 31.8 Å². The third-order valence-corrected chi connectivity index (χ3v) is 2.51. The van der Waals surface area contributed by atoms with Crippen LogP contribution in [0.25, 0.3) is 0 Å². The lowest BCUT2D eigenvalue weighted by atomic mass is 10.1. The van der Waals surface area contributed by atoms with Gasteiger partial charge < -0.3 is 15.7 Å². The second kappa shape index (κ2) is 6.44. The molecule has 1 rings (SSSR count). The number of nitrogens with one attached hydrogen (secondary N) is 3. The van der Waals surface area contributed by atoms with Gasteiger partial charge in [0.2, 0.25) is 11.8 Å². The van der Waals surface area contributed by atoms with E-state index in [1.165, 1.54) is 0 Å². The first-order valence-corrected chi connectivity index (χ1v) is 5.55. The summed E-state index contributed by atoms with van der Waals surface area (Å²) in [5.74, 6) is -0.192. The smallest absolute Gasteiger partial charge is 0.239 e. The molecule has 6 nitrogen and oxygen atoms in total. The number of rotatable bonds is 5. The molecule has 0 spiro atoms. The number of carbonyl (C=O) groups is 2. The Kier molecular flexibility index (Phi) is 5.21. The second-order valence-electron chi connectivity index (χ2n) is 4.01. The first-order valence-electron chi connectivity index (χ1n) is 5.55. The van der Waals surface area contributed by atoms with E-state index in [9.17, 15) is 9.59 Å². The van der Waals surface area contributed by atoms with E-state index in [0.717, 1.165) is 6.42 Å². The fourth-order valence-corrected chi connectivity index (χ4v) is 1.56. The molecule has 1 aliphatic heterocycles. The van der Waals surface area contributed by atoms with Crippen LogP contribution in [0.4, 0.5) is 0 Å². The van der Waals surface area contributed by atoms with Crippen LogP contribution in [0, 0.1) is 0 Å². The van der Waals surface area contributed by atoms with Crippen LogP contribution in [-0.2, 0) is 9.59 Å². The average Bonchev–Trinajstić information content (AvgIpc) is 2.27. The Hall–Kier alpha value is -1.14. The Morgan fingerprint density at radius 2 is 2.44 bits per heavy atom. The third kappa shape index (κ3) is 4.16. The van der Waals surface area contributed by atoms with Crippen LogP contribution >= 0.6 is 0 Å². The van der Waals surface area contributed by atoms with Gasteiger partial charge in [0.15, 0.2) is 0 Å². The van der Waals surface area contributed by atoms with Crippen molar-refractivity contribution in [2.75, 3.05) is 19.7 Å². The van der Waals surface area contributed by atoms with Gasteiger partial charge in [0.1, 0.15) is 6.04 Å². The molecule has 0 aromatic rings. The zero-order valence-corrected chi connectivity index (χ0v) is 9.45. The summed E-state index contributed by atoms with van der Waals surface area (Å²) in [5.41, 5.74) is 0. The lowest BCUT2D eigenvalue weighted by molar-refractivity contribution is -0.127. The number of hydrogen-bond acceptors (Lipinski definition) is 4. The Labute approximate surface area is 94.8 Å². The average molecular weight is 229 g/mol. The number of carbonyl (C=O) groups excluding carboxylic acids is 2. The van der Waals surface area contributed by atoms with Crippen LogP contribution in [0.1, 0.15) is 19.8 Å². The van der Waals surface area contributed by atoms with Crippen molar-refractivity contribution in [1.82, 2.24) is 16.0 Å². The summed E-state index contributed by atoms with van der Waals surface area (Å²) in [4.78, 5) is 22.6. The number of amides is 2. The molecule has 16 heavy (non-hydrogen) atoms. The minimum absolute atomic E-state index is 0.0408. The summed E-state index contributed by atoms with van der Waals surface area (Å²) in [6.45, 7) is 2.55. The van der Waals surface area contributed by atoms with E-state index in [1.807, 2.05) is 6.92 Å². The predicted molar refractivity (Wildman–Crippen MR) is 58.7 cm³/mol. The highest BCUT2D eigenvalue weighted by atomic mass is 16.3. The lowest BCUT2D eigenvalue weighted by Crippen LogP contribution is -2.58. The van der Waals surface area contributed by atoms with Crippen LogP contribution in [0.2, 0.25) is 0 Å².